The highest BCUT2D eigenvalue weighted by Gasteiger charge is 2.63. The second-order valence-electron chi connectivity index (χ2n) is 7.18. The first-order chi connectivity index (χ1) is 15.3. The fourth-order valence-electron chi connectivity index (χ4n) is 3.33. The molecule has 2 atom stereocenters. The minimum Gasteiger partial charge on any atom is -0.480 e. The molecule has 0 saturated heterocycles. The maximum Gasteiger partial charge on any atom is 0.452 e. The van der Waals surface area contributed by atoms with Crippen LogP contribution < -0.4 is 4.72 Å². The zero-order valence-corrected chi connectivity index (χ0v) is 17.7. The number of hydrogen-bond acceptors (Lipinski definition) is 8. The molecule has 1 aliphatic carbocycles. The number of nitrogens with one attached hydrogen (secondary N) is 1. The summed E-state index contributed by atoms with van der Waals surface area (Å²) in [6.07, 6.45) is -4.90. The zero-order valence-electron chi connectivity index (χ0n) is 16.1. The van der Waals surface area contributed by atoms with Crippen molar-refractivity contribution >= 4 is 33.0 Å². The lowest BCUT2D eigenvalue weighted by atomic mass is 10.1. The fraction of sp³-hybridized carbons (Fsp3) is 0.222. The van der Waals surface area contributed by atoms with Crippen molar-refractivity contribution in [1.82, 2.24) is 9.88 Å². The number of carboxylic acid groups (broad SMARTS) is 1. The Bertz CT molecular complexity index is 1370. The maximum atomic E-state index is 12.9. The lowest BCUT2D eigenvalue weighted by Crippen LogP contribution is -2.44. The van der Waals surface area contributed by atoms with E-state index in [2.05, 4.69) is 14.4 Å². The minimum atomic E-state index is -4.76. The molecule has 10 nitrogen and oxygen atoms in total. The average Bonchev–Trinajstić information content (AvgIpc) is 3.11. The van der Waals surface area contributed by atoms with Crippen molar-refractivity contribution in [2.45, 2.75) is 28.3 Å². The summed E-state index contributed by atoms with van der Waals surface area (Å²) in [6.45, 7) is 0. The standard InChI is InChI=1S/C18H12F3N3O7S2/c19-18(20,21)14-7-12(22-31-14)13-4-5-15(32-13)33(29,30)23-17(16(25)26)8-11(17)9-2-1-3-10(6-9)24(27)28/h1-7,11,23H,8H2,(H,25,26)/t11-,17+/m0/s1. The molecule has 0 unspecified atom stereocenters. The van der Waals surface area contributed by atoms with Gasteiger partial charge < -0.3 is 9.63 Å². The maximum absolute atomic E-state index is 12.9. The van der Waals surface area contributed by atoms with Crippen molar-refractivity contribution in [3.8, 4) is 10.6 Å². The van der Waals surface area contributed by atoms with Gasteiger partial charge in [-0.25, -0.2) is 8.42 Å². The van der Waals surface area contributed by atoms with Gasteiger partial charge in [0.05, 0.1) is 9.80 Å². The monoisotopic (exact) mass is 503 g/mol. The van der Waals surface area contributed by atoms with Crippen LogP contribution in [0.5, 0.6) is 0 Å². The summed E-state index contributed by atoms with van der Waals surface area (Å²) in [7, 11) is -4.40. The smallest absolute Gasteiger partial charge is 0.452 e. The van der Waals surface area contributed by atoms with Gasteiger partial charge in [-0.1, -0.05) is 17.3 Å². The quantitative estimate of drug-likeness (QED) is 0.366. The Kier molecular flexibility index (Phi) is 5.29. The van der Waals surface area contributed by atoms with Crippen LogP contribution in [0.3, 0.4) is 0 Å². The Morgan fingerprint density at radius 1 is 1.30 bits per heavy atom. The van der Waals surface area contributed by atoms with Gasteiger partial charge in [-0.3, -0.25) is 14.9 Å². The number of halogens is 3. The van der Waals surface area contributed by atoms with Crippen LogP contribution in [0.1, 0.15) is 23.7 Å². The third-order valence-corrected chi connectivity index (χ3v) is 8.14. The molecule has 0 bridgehead atoms. The normalized spacial score (nSPS) is 20.5. The van der Waals surface area contributed by atoms with Gasteiger partial charge in [-0.05, 0) is 24.1 Å². The second kappa shape index (κ2) is 7.64. The molecular weight excluding hydrogens is 491 g/mol. The number of sulfonamides is 1. The van der Waals surface area contributed by atoms with E-state index < -0.39 is 44.3 Å². The molecule has 174 valence electrons. The largest absolute Gasteiger partial charge is 0.480 e. The number of nitro benzene ring substituents is 1. The van der Waals surface area contributed by atoms with E-state index in [1.807, 2.05) is 0 Å². The van der Waals surface area contributed by atoms with Gasteiger partial charge in [0.25, 0.3) is 15.7 Å². The van der Waals surface area contributed by atoms with Gasteiger partial charge >= 0.3 is 12.1 Å². The first-order valence-corrected chi connectivity index (χ1v) is 11.3. The number of carboxylic acids is 1. The molecule has 2 N–H and O–H groups in total. The van der Waals surface area contributed by atoms with E-state index in [0.29, 0.717) is 17.4 Å². The number of aliphatic carboxylic acids is 1. The molecule has 0 spiro atoms. The molecule has 33 heavy (non-hydrogen) atoms. The topological polar surface area (TPSA) is 153 Å². The molecule has 15 heteroatoms. The highest BCUT2D eigenvalue weighted by Crippen LogP contribution is 2.53. The first kappa shape index (κ1) is 22.9. The highest BCUT2D eigenvalue weighted by molar-refractivity contribution is 7.91. The summed E-state index contributed by atoms with van der Waals surface area (Å²) < 4.78 is 69.8. The van der Waals surface area contributed by atoms with Gasteiger partial charge in [0.15, 0.2) is 0 Å². The lowest BCUT2D eigenvalue weighted by Gasteiger charge is -2.14. The number of aromatic nitrogens is 1. The molecule has 2 heterocycles. The van der Waals surface area contributed by atoms with Crippen molar-refractivity contribution in [2.24, 2.45) is 0 Å². The summed E-state index contributed by atoms with van der Waals surface area (Å²) in [5, 5.41) is 24.0. The van der Waals surface area contributed by atoms with Crippen LogP contribution in [0, 0.1) is 10.1 Å². The van der Waals surface area contributed by atoms with Gasteiger partial charge in [0.2, 0.25) is 5.76 Å². The fourth-order valence-corrected chi connectivity index (χ4v) is 5.99. The van der Waals surface area contributed by atoms with E-state index in [1.54, 1.807) is 0 Å². The third-order valence-electron chi connectivity index (χ3n) is 5.03. The number of alkyl halides is 3. The summed E-state index contributed by atoms with van der Waals surface area (Å²) in [5.41, 5.74) is -2.14. The zero-order chi connectivity index (χ0) is 24.2. The van der Waals surface area contributed by atoms with E-state index in [1.165, 1.54) is 30.3 Å². The van der Waals surface area contributed by atoms with E-state index in [-0.39, 0.29) is 32.5 Å². The van der Waals surface area contributed by atoms with Crippen LogP contribution in [0.15, 0.2) is 51.2 Å². The summed E-state index contributed by atoms with van der Waals surface area (Å²) in [5.74, 6) is -3.67. The number of non-ortho nitro benzene ring substituents is 1. The van der Waals surface area contributed by atoms with Crippen LogP contribution >= 0.6 is 11.3 Å². The molecule has 0 amide bonds. The van der Waals surface area contributed by atoms with Gasteiger partial charge in [0.1, 0.15) is 15.4 Å². The van der Waals surface area contributed by atoms with Crippen molar-refractivity contribution in [3.63, 3.8) is 0 Å². The molecule has 1 saturated carbocycles. The Labute approximate surface area is 186 Å². The van der Waals surface area contributed by atoms with E-state index in [9.17, 15) is 41.6 Å². The third kappa shape index (κ3) is 4.21. The number of benzene rings is 1. The second-order valence-corrected chi connectivity index (χ2v) is 10.2. The summed E-state index contributed by atoms with van der Waals surface area (Å²) in [6, 6.07) is 8.16. The van der Waals surface area contributed by atoms with Crippen molar-refractivity contribution in [2.75, 3.05) is 0 Å². The number of nitro groups is 1. The van der Waals surface area contributed by atoms with Crippen LogP contribution in [0.2, 0.25) is 0 Å². The van der Waals surface area contributed by atoms with Crippen LogP contribution in [-0.2, 0) is 21.0 Å². The molecule has 2 aromatic heterocycles. The van der Waals surface area contributed by atoms with Gasteiger partial charge in [-0.2, -0.15) is 17.9 Å². The summed E-state index contributed by atoms with van der Waals surface area (Å²) >= 11 is 0.578. The van der Waals surface area contributed by atoms with Crippen molar-refractivity contribution in [3.05, 3.63) is 63.9 Å². The Morgan fingerprint density at radius 3 is 2.64 bits per heavy atom. The molecule has 1 aliphatic rings. The van der Waals surface area contributed by atoms with Gasteiger partial charge in [0, 0.05) is 24.1 Å². The first-order valence-electron chi connectivity index (χ1n) is 8.99. The molecule has 1 aromatic carbocycles. The number of hydrogen-bond donors (Lipinski definition) is 2. The molecule has 4 rings (SSSR count). The van der Waals surface area contributed by atoms with Crippen LogP contribution in [-0.4, -0.2) is 35.1 Å². The number of rotatable bonds is 7. The molecule has 3 aromatic rings. The lowest BCUT2D eigenvalue weighted by molar-refractivity contribution is -0.384. The predicted octanol–water partition coefficient (Wildman–Crippen LogP) is 3.62. The molecular formula is C18H12F3N3O7S2. The highest BCUT2D eigenvalue weighted by atomic mass is 32.2. The summed E-state index contributed by atoms with van der Waals surface area (Å²) in [4.78, 5) is 22.3. The Hall–Kier alpha value is -3.30. The van der Waals surface area contributed by atoms with E-state index >= 15 is 0 Å². The Balaban J connectivity index is 1.59. The van der Waals surface area contributed by atoms with Gasteiger partial charge in [-0.15, -0.1) is 11.3 Å². The predicted molar refractivity (Wildman–Crippen MR) is 106 cm³/mol. The average molecular weight is 503 g/mol. The molecule has 0 radical (unpaired) electrons. The number of carbonyl (C=O) groups is 1. The Morgan fingerprint density at radius 2 is 2.03 bits per heavy atom. The van der Waals surface area contributed by atoms with Crippen molar-refractivity contribution < 1.29 is 40.9 Å². The molecule has 1 fully saturated rings. The van der Waals surface area contributed by atoms with Crippen LogP contribution in [0.4, 0.5) is 18.9 Å². The minimum absolute atomic E-state index is 0.0602. The number of thiophene rings is 1. The van der Waals surface area contributed by atoms with E-state index in [4.69, 9.17) is 0 Å². The SMILES string of the molecule is O=C(O)[C@@]1(NS(=O)(=O)c2ccc(-c3cc(C(F)(F)F)on3)s2)C[C@H]1c1cccc([N+](=O)[O-])c1. The van der Waals surface area contributed by atoms with E-state index in [0.717, 1.165) is 6.07 Å². The molecule has 0 aliphatic heterocycles. The number of nitrogens with zero attached hydrogens (tertiary/aromatic N) is 2. The van der Waals surface area contributed by atoms with Crippen molar-refractivity contribution in [1.29, 1.82) is 0 Å². The van der Waals surface area contributed by atoms with Crippen LogP contribution in [0.25, 0.3) is 10.6 Å².